The van der Waals surface area contributed by atoms with Gasteiger partial charge in [0.05, 0.1) is 4.88 Å². The first kappa shape index (κ1) is 19.9. The number of amides is 1. The molecule has 0 aliphatic carbocycles. The van der Waals surface area contributed by atoms with Gasteiger partial charge in [-0.05, 0) is 18.6 Å². The zero-order valence-corrected chi connectivity index (χ0v) is 17.0. The van der Waals surface area contributed by atoms with Gasteiger partial charge in [0, 0.05) is 45.2 Å². The summed E-state index contributed by atoms with van der Waals surface area (Å²) in [5.41, 5.74) is 1.52. The number of hydrogen-bond acceptors (Lipinski definition) is 4. The van der Waals surface area contributed by atoms with E-state index in [1.54, 1.807) is 4.90 Å². The SMILES string of the molecule is Cc1cccc(CN2CCN(C(=O)c3cc4c(C(F)(F)F)nn(C)c4s3)CC2)c1. The number of benzene rings is 1. The lowest BCUT2D eigenvalue weighted by molar-refractivity contribution is -0.140. The van der Waals surface area contributed by atoms with Crippen molar-refractivity contribution in [2.75, 3.05) is 26.2 Å². The molecule has 1 aliphatic heterocycles. The summed E-state index contributed by atoms with van der Waals surface area (Å²) in [6.07, 6.45) is -4.54. The van der Waals surface area contributed by atoms with Gasteiger partial charge in [-0.25, -0.2) is 0 Å². The van der Waals surface area contributed by atoms with Crippen LogP contribution in [0.25, 0.3) is 10.2 Å². The Balaban J connectivity index is 1.44. The minimum atomic E-state index is -4.54. The van der Waals surface area contributed by atoms with Gasteiger partial charge in [-0.1, -0.05) is 29.8 Å². The number of hydrogen-bond donors (Lipinski definition) is 0. The van der Waals surface area contributed by atoms with Crippen molar-refractivity contribution < 1.29 is 18.0 Å². The van der Waals surface area contributed by atoms with E-state index in [9.17, 15) is 18.0 Å². The first-order chi connectivity index (χ1) is 13.7. The van der Waals surface area contributed by atoms with E-state index >= 15 is 0 Å². The summed E-state index contributed by atoms with van der Waals surface area (Å²) in [5, 5.41) is 3.55. The second-order valence-electron chi connectivity index (χ2n) is 7.36. The molecule has 1 aromatic carbocycles. The quantitative estimate of drug-likeness (QED) is 0.643. The number of carbonyl (C=O) groups excluding carboxylic acids is 1. The molecular weight excluding hydrogens is 401 g/mol. The molecule has 3 aromatic rings. The normalized spacial score (nSPS) is 16.0. The summed E-state index contributed by atoms with van der Waals surface area (Å²) in [4.78, 5) is 17.5. The number of carbonyl (C=O) groups is 1. The summed E-state index contributed by atoms with van der Waals surface area (Å²) in [6, 6.07) is 9.67. The number of halogens is 3. The largest absolute Gasteiger partial charge is 0.435 e. The predicted octanol–water partition coefficient (Wildman–Crippen LogP) is 3.92. The van der Waals surface area contributed by atoms with Crippen LogP contribution in [-0.2, 0) is 19.8 Å². The Bertz CT molecular complexity index is 1050. The number of fused-ring (bicyclic) bond motifs is 1. The molecule has 1 aliphatic rings. The zero-order valence-electron chi connectivity index (χ0n) is 16.2. The van der Waals surface area contributed by atoms with Crippen molar-refractivity contribution in [3.05, 3.63) is 52.0 Å². The van der Waals surface area contributed by atoms with Crippen LogP contribution in [0.1, 0.15) is 26.5 Å². The van der Waals surface area contributed by atoms with Crippen LogP contribution in [0.5, 0.6) is 0 Å². The van der Waals surface area contributed by atoms with Crippen molar-refractivity contribution in [1.29, 1.82) is 0 Å². The third-order valence-corrected chi connectivity index (χ3v) is 6.33. The summed E-state index contributed by atoms with van der Waals surface area (Å²) in [6.45, 7) is 5.48. The number of aryl methyl sites for hydroxylation is 2. The molecule has 2 aromatic heterocycles. The lowest BCUT2D eigenvalue weighted by Crippen LogP contribution is -2.48. The van der Waals surface area contributed by atoms with E-state index in [1.807, 2.05) is 6.07 Å². The van der Waals surface area contributed by atoms with Crippen molar-refractivity contribution in [1.82, 2.24) is 19.6 Å². The highest BCUT2D eigenvalue weighted by molar-refractivity contribution is 7.20. The number of thiophene rings is 1. The van der Waals surface area contributed by atoms with Crippen LogP contribution in [0.15, 0.2) is 30.3 Å². The fraction of sp³-hybridized carbons (Fsp3) is 0.400. The van der Waals surface area contributed by atoms with Crippen molar-refractivity contribution in [2.24, 2.45) is 7.05 Å². The van der Waals surface area contributed by atoms with Crippen molar-refractivity contribution in [2.45, 2.75) is 19.6 Å². The maximum atomic E-state index is 13.2. The topological polar surface area (TPSA) is 41.4 Å². The average Bonchev–Trinajstić information content (AvgIpc) is 3.22. The summed E-state index contributed by atoms with van der Waals surface area (Å²) >= 11 is 1.06. The molecule has 1 fully saturated rings. The van der Waals surface area contributed by atoms with E-state index in [-0.39, 0.29) is 11.3 Å². The maximum absolute atomic E-state index is 13.2. The molecule has 0 bridgehead atoms. The van der Waals surface area contributed by atoms with Crippen LogP contribution in [0.4, 0.5) is 13.2 Å². The van der Waals surface area contributed by atoms with Gasteiger partial charge >= 0.3 is 6.18 Å². The fourth-order valence-electron chi connectivity index (χ4n) is 3.69. The van der Waals surface area contributed by atoms with Crippen LogP contribution in [-0.4, -0.2) is 51.7 Å². The van der Waals surface area contributed by atoms with Crippen molar-refractivity contribution >= 4 is 27.5 Å². The van der Waals surface area contributed by atoms with E-state index < -0.39 is 11.9 Å². The van der Waals surface area contributed by atoms with Gasteiger partial charge in [0.25, 0.3) is 5.91 Å². The molecule has 154 valence electrons. The number of nitrogens with zero attached hydrogens (tertiary/aromatic N) is 4. The van der Waals surface area contributed by atoms with Crippen LogP contribution in [0.3, 0.4) is 0 Å². The third-order valence-electron chi connectivity index (χ3n) is 5.14. The highest BCUT2D eigenvalue weighted by Crippen LogP contribution is 2.37. The Morgan fingerprint density at radius 1 is 1.17 bits per heavy atom. The summed E-state index contributed by atoms with van der Waals surface area (Å²) < 4.78 is 40.7. The molecule has 0 spiro atoms. The van der Waals surface area contributed by atoms with E-state index in [2.05, 4.69) is 35.1 Å². The lowest BCUT2D eigenvalue weighted by atomic mass is 10.1. The fourth-order valence-corrected chi connectivity index (χ4v) is 4.73. The van der Waals surface area contributed by atoms with E-state index in [0.717, 1.165) is 31.0 Å². The second-order valence-corrected chi connectivity index (χ2v) is 8.39. The first-order valence-corrected chi connectivity index (χ1v) is 10.1. The first-order valence-electron chi connectivity index (χ1n) is 9.33. The molecule has 0 unspecified atom stereocenters. The highest BCUT2D eigenvalue weighted by atomic mass is 32.1. The minimum Gasteiger partial charge on any atom is -0.335 e. The Labute approximate surface area is 170 Å². The average molecular weight is 422 g/mol. The zero-order chi connectivity index (χ0) is 20.8. The monoisotopic (exact) mass is 422 g/mol. The molecule has 4 rings (SSSR count). The summed E-state index contributed by atoms with van der Waals surface area (Å²) in [5.74, 6) is -0.213. The Morgan fingerprint density at radius 2 is 1.90 bits per heavy atom. The molecule has 0 N–H and O–H groups in total. The van der Waals surface area contributed by atoms with Gasteiger partial charge in [-0.2, -0.15) is 18.3 Å². The van der Waals surface area contributed by atoms with E-state index in [0.29, 0.717) is 22.8 Å². The molecule has 5 nitrogen and oxygen atoms in total. The molecule has 9 heteroatoms. The van der Waals surface area contributed by atoms with Gasteiger partial charge in [0.1, 0.15) is 4.83 Å². The molecule has 29 heavy (non-hydrogen) atoms. The molecule has 3 heterocycles. The maximum Gasteiger partial charge on any atom is 0.435 e. The van der Waals surface area contributed by atoms with Gasteiger partial charge in [-0.15, -0.1) is 11.3 Å². The van der Waals surface area contributed by atoms with E-state index in [4.69, 9.17) is 0 Å². The number of rotatable bonds is 3. The van der Waals surface area contributed by atoms with Crippen LogP contribution in [0, 0.1) is 6.92 Å². The highest BCUT2D eigenvalue weighted by Gasteiger charge is 2.38. The molecule has 1 amide bonds. The standard InChI is InChI=1S/C20H21F3N4OS/c1-13-4-3-5-14(10-13)12-26-6-8-27(9-7-26)18(28)16-11-15-17(20(21,22)23)24-25(2)19(15)29-16/h3-5,10-11H,6-9,12H2,1-2H3. The van der Waals surface area contributed by atoms with Gasteiger partial charge in [0.15, 0.2) is 5.69 Å². The molecule has 0 atom stereocenters. The van der Waals surface area contributed by atoms with Crippen molar-refractivity contribution in [3.8, 4) is 0 Å². The molecule has 0 radical (unpaired) electrons. The molecule has 0 saturated carbocycles. The third kappa shape index (κ3) is 4.02. The van der Waals surface area contributed by atoms with Gasteiger partial charge < -0.3 is 4.90 Å². The van der Waals surface area contributed by atoms with E-state index in [1.165, 1.54) is 28.9 Å². The van der Waals surface area contributed by atoms with Crippen LogP contribution in [0.2, 0.25) is 0 Å². The van der Waals surface area contributed by atoms with Crippen LogP contribution < -0.4 is 0 Å². The summed E-state index contributed by atoms with van der Waals surface area (Å²) in [7, 11) is 1.46. The Hall–Kier alpha value is -2.39. The smallest absolute Gasteiger partial charge is 0.335 e. The number of piperazine rings is 1. The van der Waals surface area contributed by atoms with Gasteiger partial charge in [-0.3, -0.25) is 14.4 Å². The number of aromatic nitrogens is 2. The lowest BCUT2D eigenvalue weighted by Gasteiger charge is -2.34. The van der Waals surface area contributed by atoms with Crippen molar-refractivity contribution in [3.63, 3.8) is 0 Å². The Morgan fingerprint density at radius 3 is 2.55 bits per heavy atom. The minimum absolute atomic E-state index is 0.00793. The van der Waals surface area contributed by atoms with Gasteiger partial charge in [0.2, 0.25) is 0 Å². The predicted molar refractivity (Wildman–Crippen MR) is 106 cm³/mol. The molecule has 1 saturated heterocycles. The Kier molecular flexibility index (Phi) is 5.12. The second kappa shape index (κ2) is 7.46. The molecular formula is C20H21F3N4OS. The number of alkyl halides is 3. The van der Waals surface area contributed by atoms with Crippen LogP contribution >= 0.6 is 11.3 Å².